The zero-order valence-electron chi connectivity index (χ0n) is 13.0. The minimum atomic E-state index is -2.76. The summed E-state index contributed by atoms with van der Waals surface area (Å²) >= 11 is 0. The van der Waals surface area contributed by atoms with E-state index >= 15 is 0 Å². The fourth-order valence-corrected chi connectivity index (χ4v) is 2.24. The highest BCUT2D eigenvalue weighted by Gasteiger charge is 2.20. The van der Waals surface area contributed by atoms with Crippen molar-refractivity contribution in [1.82, 2.24) is 4.98 Å². The first-order chi connectivity index (χ1) is 11.5. The van der Waals surface area contributed by atoms with Crippen LogP contribution in [0.4, 0.5) is 8.78 Å². The van der Waals surface area contributed by atoms with Gasteiger partial charge in [-0.25, -0.2) is 20.1 Å². The molecule has 2 aromatic rings. The van der Waals surface area contributed by atoms with Crippen molar-refractivity contribution in [2.45, 2.75) is 13.0 Å². The van der Waals surface area contributed by atoms with Crippen LogP contribution in [-0.2, 0) is 11.3 Å². The molecule has 0 fully saturated rings. The first kappa shape index (κ1) is 17.3. The largest absolute Gasteiger partial charge is 0.494 e. The van der Waals surface area contributed by atoms with Crippen LogP contribution in [0.15, 0.2) is 30.5 Å². The molecule has 0 radical (unpaired) electrons. The van der Waals surface area contributed by atoms with Crippen molar-refractivity contribution in [3.63, 3.8) is 0 Å². The molecular formula is C17H14F2N2O3. The van der Waals surface area contributed by atoms with Crippen molar-refractivity contribution < 1.29 is 23.0 Å². The van der Waals surface area contributed by atoms with Crippen molar-refractivity contribution >= 4 is 5.97 Å². The molecule has 0 unspecified atom stereocenters. The number of nitrogens with zero attached hydrogens (tertiary/aromatic N) is 2. The third-order valence-corrected chi connectivity index (χ3v) is 3.37. The van der Waals surface area contributed by atoms with E-state index in [-0.39, 0.29) is 23.4 Å². The molecule has 1 aromatic heterocycles. The van der Waals surface area contributed by atoms with Gasteiger partial charge in [0.2, 0.25) is 6.54 Å². The van der Waals surface area contributed by atoms with Crippen LogP contribution in [0.2, 0.25) is 0 Å². The van der Waals surface area contributed by atoms with Crippen molar-refractivity contribution in [1.29, 1.82) is 0 Å². The molecule has 0 aliphatic heterocycles. The summed E-state index contributed by atoms with van der Waals surface area (Å²) in [5.74, 6) is -0.374. The number of carbonyl (C=O) groups excluding carboxylic acids is 1. The molecule has 0 aliphatic rings. The fraction of sp³-hybridized carbons (Fsp3) is 0.235. The van der Waals surface area contributed by atoms with Gasteiger partial charge in [-0.2, -0.15) is 0 Å². The number of aromatic nitrogens is 1. The number of carbonyl (C=O) groups is 1. The van der Waals surface area contributed by atoms with Gasteiger partial charge in [-0.05, 0) is 18.2 Å². The van der Waals surface area contributed by atoms with E-state index in [0.29, 0.717) is 11.1 Å². The molecule has 1 heterocycles. The number of methoxy groups -OCH3 is 2. The second-order valence-electron chi connectivity index (χ2n) is 4.80. The van der Waals surface area contributed by atoms with Crippen molar-refractivity contribution in [2.24, 2.45) is 0 Å². The second kappa shape index (κ2) is 7.51. The lowest BCUT2D eigenvalue weighted by Gasteiger charge is -2.14. The summed E-state index contributed by atoms with van der Waals surface area (Å²) in [6.45, 7) is 7.06. The van der Waals surface area contributed by atoms with Gasteiger partial charge in [0, 0.05) is 16.7 Å². The Balaban J connectivity index is 2.73. The minimum absolute atomic E-state index is 0.101. The summed E-state index contributed by atoms with van der Waals surface area (Å²) < 4.78 is 35.9. The molecule has 0 N–H and O–H groups in total. The van der Waals surface area contributed by atoms with Gasteiger partial charge >= 0.3 is 5.97 Å². The van der Waals surface area contributed by atoms with Gasteiger partial charge in [-0.3, -0.25) is 4.98 Å². The van der Waals surface area contributed by atoms with Crippen molar-refractivity contribution in [3.05, 3.63) is 58.7 Å². The first-order valence-electron chi connectivity index (χ1n) is 6.88. The number of esters is 1. The Labute approximate surface area is 137 Å². The van der Waals surface area contributed by atoms with Gasteiger partial charge in [0.25, 0.3) is 6.43 Å². The van der Waals surface area contributed by atoms with Crippen LogP contribution < -0.4 is 4.74 Å². The standard InChI is InChI=1S/C17H14F2N2O3/c1-20-8-10-4-5-11(17(22)24-3)12(6-10)13-7-14(16(18)19)21-9-15(13)23-2/h4-7,9,16H,8H2,2-3H3. The molecule has 0 spiro atoms. The van der Waals surface area contributed by atoms with Gasteiger partial charge in [0.15, 0.2) is 0 Å². The Kier molecular flexibility index (Phi) is 5.42. The van der Waals surface area contributed by atoms with Crippen LogP contribution in [0.1, 0.15) is 28.0 Å². The summed E-state index contributed by atoms with van der Waals surface area (Å²) in [5, 5.41) is 0. The van der Waals surface area contributed by atoms with Gasteiger partial charge in [0.1, 0.15) is 11.4 Å². The summed E-state index contributed by atoms with van der Waals surface area (Å²) in [6, 6.07) is 5.89. The Bertz CT molecular complexity index is 801. The van der Waals surface area contributed by atoms with Crippen LogP contribution in [-0.4, -0.2) is 25.2 Å². The molecule has 0 saturated heterocycles. The Morgan fingerprint density at radius 1 is 1.29 bits per heavy atom. The Hall–Kier alpha value is -3.01. The molecule has 5 nitrogen and oxygen atoms in total. The van der Waals surface area contributed by atoms with Gasteiger partial charge < -0.3 is 14.3 Å². The molecule has 0 amide bonds. The van der Waals surface area contributed by atoms with Gasteiger partial charge in [-0.15, -0.1) is 0 Å². The molecule has 0 atom stereocenters. The number of halogens is 2. The highest BCUT2D eigenvalue weighted by Crippen LogP contribution is 2.35. The monoisotopic (exact) mass is 332 g/mol. The van der Waals surface area contributed by atoms with E-state index in [0.717, 1.165) is 0 Å². The van der Waals surface area contributed by atoms with Crippen LogP contribution in [0.3, 0.4) is 0 Å². The maximum Gasteiger partial charge on any atom is 0.338 e. The maximum atomic E-state index is 13.0. The smallest absolute Gasteiger partial charge is 0.338 e. The van der Waals surface area contributed by atoms with E-state index < -0.39 is 18.1 Å². The zero-order chi connectivity index (χ0) is 17.7. The topological polar surface area (TPSA) is 52.8 Å². The van der Waals surface area contributed by atoms with E-state index in [9.17, 15) is 13.6 Å². The number of alkyl halides is 2. The SMILES string of the molecule is [C-]#[N+]Cc1ccc(C(=O)OC)c(-c2cc(C(F)F)ncc2OC)c1. The zero-order valence-corrected chi connectivity index (χ0v) is 13.0. The van der Waals surface area contributed by atoms with Crippen LogP contribution >= 0.6 is 0 Å². The van der Waals surface area contributed by atoms with Crippen molar-refractivity contribution in [3.8, 4) is 16.9 Å². The number of rotatable bonds is 5. The van der Waals surface area contributed by atoms with E-state index in [1.807, 2.05) is 0 Å². The lowest BCUT2D eigenvalue weighted by Crippen LogP contribution is -2.05. The Morgan fingerprint density at radius 3 is 2.62 bits per heavy atom. The quantitative estimate of drug-likeness (QED) is 0.615. The van der Waals surface area contributed by atoms with E-state index in [1.165, 1.54) is 32.5 Å². The van der Waals surface area contributed by atoms with E-state index in [4.69, 9.17) is 16.0 Å². The van der Waals surface area contributed by atoms with E-state index in [2.05, 4.69) is 9.83 Å². The summed E-state index contributed by atoms with van der Waals surface area (Å²) in [5.41, 5.74) is 1.04. The molecule has 0 aliphatic carbocycles. The molecule has 1 aromatic carbocycles. The highest BCUT2D eigenvalue weighted by molar-refractivity contribution is 5.98. The second-order valence-corrected chi connectivity index (χ2v) is 4.80. The highest BCUT2D eigenvalue weighted by atomic mass is 19.3. The lowest BCUT2D eigenvalue weighted by molar-refractivity contribution is 0.0601. The molecule has 124 valence electrons. The first-order valence-corrected chi connectivity index (χ1v) is 6.88. The number of ether oxygens (including phenoxy) is 2. The number of hydrogen-bond donors (Lipinski definition) is 0. The van der Waals surface area contributed by atoms with Crippen LogP contribution in [0, 0.1) is 6.57 Å². The molecule has 7 heteroatoms. The third kappa shape index (κ3) is 3.49. The third-order valence-electron chi connectivity index (χ3n) is 3.37. The maximum absolute atomic E-state index is 13.0. The minimum Gasteiger partial charge on any atom is -0.494 e. The summed E-state index contributed by atoms with van der Waals surface area (Å²) in [7, 11) is 2.61. The Morgan fingerprint density at radius 2 is 2.04 bits per heavy atom. The molecule has 0 bridgehead atoms. The van der Waals surface area contributed by atoms with E-state index in [1.54, 1.807) is 12.1 Å². The lowest BCUT2D eigenvalue weighted by atomic mass is 9.96. The van der Waals surface area contributed by atoms with Crippen molar-refractivity contribution in [2.75, 3.05) is 14.2 Å². The number of pyridine rings is 1. The van der Waals surface area contributed by atoms with Crippen LogP contribution in [0.25, 0.3) is 16.0 Å². The predicted molar refractivity (Wildman–Crippen MR) is 82.8 cm³/mol. The number of hydrogen-bond acceptors (Lipinski definition) is 4. The number of benzene rings is 1. The van der Waals surface area contributed by atoms with Gasteiger partial charge in [-0.1, -0.05) is 6.07 Å². The molecule has 0 saturated carbocycles. The summed E-state index contributed by atoms with van der Waals surface area (Å²) in [4.78, 5) is 19.0. The average Bonchev–Trinajstić information content (AvgIpc) is 2.60. The molecule has 24 heavy (non-hydrogen) atoms. The average molecular weight is 332 g/mol. The fourth-order valence-electron chi connectivity index (χ4n) is 2.24. The predicted octanol–water partition coefficient (Wildman–Crippen LogP) is 3.90. The molecule has 2 rings (SSSR count). The normalized spacial score (nSPS) is 10.3. The molecular weight excluding hydrogens is 318 g/mol. The van der Waals surface area contributed by atoms with Gasteiger partial charge in [0.05, 0.1) is 26.0 Å². The summed E-state index contributed by atoms with van der Waals surface area (Å²) in [6.07, 6.45) is -1.58. The van der Waals surface area contributed by atoms with Crippen LogP contribution in [0.5, 0.6) is 5.75 Å².